The maximum Gasteiger partial charge on any atom is 0.261 e. The smallest absolute Gasteiger partial charge is 0.210 e. The Kier molecular flexibility index (Phi) is 3.16. The molecule has 6 heteroatoms. The molecule has 0 aliphatic heterocycles. The van der Waals surface area contributed by atoms with Crippen molar-refractivity contribution >= 4 is 19.7 Å². The number of alkyl halides is 2. The Labute approximate surface area is 103 Å². The molecule has 1 aromatic carbocycles. The standard InChI is InChI=1S/C11H11ClF2O2S/c12-17(15,16)9-5-2-1-4-8(9)11(10(13)14)6-3-7-11/h1-2,4-5,10H,3,6-7H2. The van der Waals surface area contributed by atoms with Crippen LogP contribution >= 0.6 is 10.7 Å². The molecule has 0 heterocycles. The van der Waals surface area contributed by atoms with Crippen molar-refractivity contribution in [3.8, 4) is 0 Å². The lowest BCUT2D eigenvalue weighted by molar-refractivity contribution is -0.000820. The number of hydrogen-bond acceptors (Lipinski definition) is 2. The maximum absolute atomic E-state index is 13.2. The van der Waals surface area contributed by atoms with Crippen LogP contribution in [0.1, 0.15) is 24.8 Å². The van der Waals surface area contributed by atoms with Gasteiger partial charge in [0.15, 0.2) is 0 Å². The summed E-state index contributed by atoms with van der Waals surface area (Å²) >= 11 is 0. The minimum Gasteiger partial charge on any atom is -0.210 e. The third-order valence-corrected chi connectivity index (χ3v) is 4.73. The topological polar surface area (TPSA) is 34.1 Å². The first kappa shape index (κ1) is 12.8. The van der Waals surface area contributed by atoms with Gasteiger partial charge in [-0.1, -0.05) is 24.6 Å². The highest BCUT2D eigenvalue weighted by molar-refractivity contribution is 8.13. The summed E-state index contributed by atoms with van der Waals surface area (Å²) in [6.07, 6.45) is -1.29. The van der Waals surface area contributed by atoms with E-state index in [1.54, 1.807) is 6.07 Å². The number of halogens is 3. The van der Waals surface area contributed by atoms with Gasteiger partial charge in [-0.05, 0) is 24.5 Å². The molecule has 1 aliphatic rings. The van der Waals surface area contributed by atoms with Crippen molar-refractivity contribution < 1.29 is 17.2 Å². The summed E-state index contributed by atoms with van der Waals surface area (Å²) in [5.74, 6) is 0. The predicted octanol–water partition coefficient (Wildman–Crippen LogP) is 3.30. The predicted molar refractivity (Wildman–Crippen MR) is 61.0 cm³/mol. The first-order valence-electron chi connectivity index (χ1n) is 5.20. The first-order valence-corrected chi connectivity index (χ1v) is 7.51. The van der Waals surface area contributed by atoms with Crippen molar-refractivity contribution in [2.75, 3.05) is 0 Å². The number of hydrogen-bond donors (Lipinski definition) is 0. The summed E-state index contributed by atoms with van der Waals surface area (Å²) in [7, 11) is 1.30. The molecule has 17 heavy (non-hydrogen) atoms. The third kappa shape index (κ3) is 2.06. The Morgan fingerprint density at radius 3 is 2.24 bits per heavy atom. The van der Waals surface area contributed by atoms with Crippen molar-refractivity contribution in [3.63, 3.8) is 0 Å². The van der Waals surface area contributed by atoms with Crippen molar-refractivity contribution in [1.29, 1.82) is 0 Å². The minimum atomic E-state index is -3.99. The Morgan fingerprint density at radius 1 is 1.24 bits per heavy atom. The van der Waals surface area contributed by atoms with Crippen LogP contribution in [0.2, 0.25) is 0 Å². The van der Waals surface area contributed by atoms with Gasteiger partial charge in [-0.15, -0.1) is 0 Å². The molecule has 1 aliphatic carbocycles. The van der Waals surface area contributed by atoms with Crippen molar-refractivity contribution in [2.24, 2.45) is 0 Å². The van der Waals surface area contributed by atoms with Gasteiger partial charge in [-0.3, -0.25) is 0 Å². The van der Waals surface area contributed by atoms with Gasteiger partial charge < -0.3 is 0 Å². The normalized spacial score (nSPS) is 19.1. The van der Waals surface area contributed by atoms with Crippen LogP contribution in [-0.4, -0.2) is 14.8 Å². The molecule has 1 fully saturated rings. The van der Waals surface area contributed by atoms with Gasteiger partial charge in [0, 0.05) is 10.7 Å². The largest absolute Gasteiger partial charge is 0.261 e. The van der Waals surface area contributed by atoms with Crippen LogP contribution < -0.4 is 0 Å². The molecular formula is C11H11ClF2O2S. The summed E-state index contributed by atoms with van der Waals surface area (Å²) in [5, 5.41) is 0. The van der Waals surface area contributed by atoms with E-state index < -0.39 is 20.9 Å². The molecule has 0 radical (unpaired) electrons. The molecule has 0 amide bonds. The summed E-state index contributed by atoms with van der Waals surface area (Å²) < 4.78 is 49.1. The lowest BCUT2D eigenvalue weighted by Crippen LogP contribution is -2.42. The fraction of sp³-hybridized carbons (Fsp3) is 0.455. The summed E-state index contributed by atoms with van der Waals surface area (Å²) in [5.41, 5.74) is -1.19. The molecule has 1 aromatic rings. The number of benzene rings is 1. The lowest BCUT2D eigenvalue weighted by Gasteiger charge is -2.42. The van der Waals surface area contributed by atoms with Crippen LogP contribution in [0.25, 0.3) is 0 Å². The Morgan fingerprint density at radius 2 is 1.82 bits per heavy atom. The van der Waals surface area contributed by atoms with Gasteiger partial charge in [0.1, 0.15) is 0 Å². The highest BCUT2D eigenvalue weighted by atomic mass is 35.7. The van der Waals surface area contributed by atoms with E-state index in [1.165, 1.54) is 18.2 Å². The number of rotatable bonds is 3. The SMILES string of the molecule is O=S(=O)(Cl)c1ccccc1C1(C(F)F)CCC1. The molecule has 0 aromatic heterocycles. The second-order valence-corrected chi connectivity index (χ2v) is 6.78. The highest BCUT2D eigenvalue weighted by Crippen LogP contribution is 2.50. The molecule has 2 rings (SSSR count). The molecule has 0 atom stereocenters. The molecule has 0 saturated heterocycles. The zero-order chi connectivity index (χ0) is 12.7. The summed E-state index contributed by atoms with van der Waals surface area (Å²) in [6.45, 7) is 0. The van der Waals surface area contributed by atoms with Crippen molar-refractivity contribution in [1.82, 2.24) is 0 Å². The van der Waals surface area contributed by atoms with E-state index in [4.69, 9.17) is 10.7 Å². The van der Waals surface area contributed by atoms with E-state index in [1.807, 2.05) is 0 Å². The molecule has 0 bridgehead atoms. The fourth-order valence-corrected chi connectivity index (χ4v) is 3.43. The van der Waals surface area contributed by atoms with E-state index in [0.717, 1.165) is 0 Å². The molecule has 0 N–H and O–H groups in total. The van der Waals surface area contributed by atoms with E-state index in [0.29, 0.717) is 19.3 Å². The summed E-state index contributed by atoms with van der Waals surface area (Å²) in [4.78, 5) is -0.193. The van der Waals surface area contributed by atoms with Crippen LogP contribution in [0.4, 0.5) is 8.78 Å². The van der Waals surface area contributed by atoms with Gasteiger partial charge in [0.05, 0.1) is 10.3 Å². The zero-order valence-corrected chi connectivity index (χ0v) is 10.4. The third-order valence-electron chi connectivity index (χ3n) is 3.35. The van der Waals surface area contributed by atoms with Gasteiger partial charge in [0.2, 0.25) is 6.43 Å². The van der Waals surface area contributed by atoms with Crippen molar-refractivity contribution in [3.05, 3.63) is 29.8 Å². The second-order valence-electron chi connectivity index (χ2n) is 4.24. The van der Waals surface area contributed by atoms with E-state index in [-0.39, 0.29) is 10.5 Å². The van der Waals surface area contributed by atoms with Crippen LogP contribution in [-0.2, 0) is 14.5 Å². The van der Waals surface area contributed by atoms with Crippen LogP contribution in [0.3, 0.4) is 0 Å². The van der Waals surface area contributed by atoms with Gasteiger partial charge in [-0.2, -0.15) is 0 Å². The lowest BCUT2D eigenvalue weighted by atomic mass is 9.64. The van der Waals surface area contributed by atoms with Gasteiger partial charge in [0.25, 0.3) is 9.05 Å². The first-order chi connectivity index (χ1) is 7.88. The van der Waals surface area contributed by atoms with E-state index in [2.05, 4.69) is 0 Å². The maximum atomic E-state index is 13.2. The van der Waals surface area contributed by atoms with E-state index >= 15 is 0 Å². The molecule has 0 spiro atoms. The second kappa shape index (κ2) is 4.21. The Bertz CT molecular complexity index is 524. The zero-order valence-electron chi connectivity index (χ0n) is 8.87. The fourth-order valence-electron chi connectivity index (χ4n) is 2.25. The average molecular weight is 281 g/mol. The molecule has 2 nitrogen and oxygen atoms in total. The Hall–Kier alpha value is -0.680. The van der Waals surface area contributed by atoms with E-state index in [9.17, 15) is 17.2 Å². The Balaban J connectivity index is 2.60. The summed E-state index contributed by atoms with van der Waals surface area (Å²) in [6, 6.07) is 5.75. The monoisotopic (exact) mass is 280 g/mol. The van der Waals surface area contributed by atoms with Crippen LogP contribution in [0.15, 0.2) is 29.2 Å². The molecule has 94 valence electrons. The van der Waals surface area contributed by atoms with Crippen LogP contribution in [0.5, 0.6) is 0 Å². The molecular weight excluding hydrogens is 270 g/mol. The van der Waals surface area contributed by atoms with Crippen LogP contribution in [0, 0.1) is 0 Å². The van der Waals surface area contributed by atoms with Gasteiger partial charge >= 0.3 is 0 Å². The molecule has 1 saturated carbocycles. The highest BCUT2D eigenvalue weighted by Gasteiger charge is 2.48. The minimum absolute atomic E-state index is 0.149. The molecule has 0 unspecified atom stereocenters. The van der Waals surface area contributed by atoms with Crippen molar-refractivity contribution in [2.45, 2.75) is 36.0 Å². The quantitative estimate of drug-likeness (QED) is 0.796. The average Bonchev–Trinajstić information content (AvgIpc) is 2.14. The van der Waals surface area contributed by atoms with Gasteiger partial charge in [-0.25, -0.2) is 17.2 Å².